The number of fused-ring (bicyclic) bond motifs is 2. The summed E-state index contributed by atoms with van der Waals surface area (Å²) in [5.41, 5.74) is 2.20. The molecule has 9 nitrogen and oxygen atoms in total. The van der Waals surface area contributed by atoms with Crippen molar-refractivity contribution in [1.29, 1.82) is 0 Å². The fourth-order valence-electron chi connectivity index (χ4n) is 4.43. The van der Waals surface area contributed by atoms with Crippen LogP contribution in [0.4, 0.5) is 17.3 Å². The molecular weight excluding hydrogens is 422 g/mol. The quantitative estimate of drug-likeness (QED) is 0.607. The maximum atomic E-state index is 13.6. The Morgan fingerprint density at radius 3 is 2.36 bits per heavy atom. The van der Waals surface area contributed by atoms with E-state index in [-0.39, 0.29) is 18.2 Å². The van der Waals surface area contributed by atoms with Gasteiger partial charge in [0, 0.05) is 44.9 Å². The number of amides is 2. The largest absolute Gasteiger partial charge is 0.493 e. The lowest BCUT2D eigenvalue weighted by Gasteiger charge is -2.34. The molecule has 0 unspecified atom stereocenters. The highest BCUT2D eigenvalue weighted by Gasteiger charge is 2.40. The summed E-state index contributed by atoms with van der Waals surface area (Å²) in [7, 11) is 5.06. The summed E-state index contributed by atoms with van der Waals surface area (Å²) >= 11 is 0. The number of methoxy groups -OCH3 is 2. The van der Waals surface area contributed by atoms with Gasteiger partial charge in [0.1, 0.15) is 0 Å². The first kappa shape index (κ1) is 21.0. The maximum Gasteiger partial charge on any atom is 0.233 e. The van der Waals surface area contributed by atoms with Crippen LogP contribution in [-0.2, 0) is 9.59 Å². The lowest BCUT2D eigenvalue weighted by atomic mass is 10.1. The van der Waals surface area contributed by atoms with Gasteiger partial charge in [-0.25, -0.2) is 9.97 Å². The van der Waals surface area contributed by atoms with E-state index in [4.69, 9.17) is 19.4 Å². The number of hydrogen-bond donors (Lipinski definition) is 0. The number of para-hydroxylation sites is 2. The molecule has 0 N–H and O–H groups in total. The summed E-state index contributed by atoms with van der Waals surface area (Å²) in [6.45, 7) is 1.44. The molecule has 1 atom stereocenters. The van der Waals surface area contributed by atoms with Gasteiger partial charge < -0.3 is 19.3 Å². The zero-order valence-electron chi connectivity index (χ0n) is 18.8. The van der Waals surface area contributed by atoms with Crippen LogP contribution in [0.2, 0.25) is 0 Å². The third-order valence-electron chi connectivity index (χ3n) is 6.23. The molecular formula is C24H25N5O4. The molecule has 5 rings (SSSR count). The molecule has 3 aromatic rings. The minimum absolute atomic E-state index is 0.0977. The molecule has 2 aromatic carbocycles. The Hall–Kier alpha value is -3.88. The fraction of sp³-hybridized carbons (Fsp3) is 0.333. The van der Waals surface area contributed by atoms with Crippen molar-refractivity contribution in [2.24, 2.45) is 5.92 Å². The van der Waals surface area contributed by atoms with Crippen molar-refractivity contribution in [2.45, 2.75) is 6.42 Å². The van der Waals surface area contributed by atoms with E-state index in [1.165, 1.54) is 0 Å². The number of likely N-dealkylation sites (N-methyl/N-ethyl adjacent to an activating group) is 1. The van der Waals surface area contributed by atoms with Crippen LogP contribution in [0.3, 0.4) is 0 Å². The molecule has 33 heavy (non-hydrogen) atoms. The highest BCUT2D eigenvalue weighted by molar-refractivity contribution is 6.05. The van der Waals surface area contributed by atoms with E-state index in [2.05, 4.69) is 0 Å². The summed E-state index contributed by atoms with van der Waals surface area (Å²) < 4.78 is 10.7. The number of hydrogen-bond acceptors (Lipinski definition) is 7. The summed E-state index contributed by atoms with van der Waals surface area (Å²) in [6, 6.07) is 12.9. The smallest absolute Gasteiger partial charge is 0.233 e. The number of nitrogens with zero attached hydrogens (tertiary/aromatic N) is 5. The van der Waals surface area contributed by atoms with Crippen LogP contribution in [0.25, 0.3) is 11.0 Å². The van der Waals surface area contributed by atoms with E-state index in [1.807, 2.05) is 36.2 Å². The van der Waals surface area contributed by atoms with Crippen LogP contribution in [0, 0.1) is 5.92 Å². The third-order valence-corrected chi connectivity index (χ3v) is 6.23. The topological polar surface area (TPSA) is 88.1 Å². The third kappa shape index (κ3) is 3.59. The number of ether oxygens (including phenoxy) is 2. The number of aromatic nitrogens is 2. The zero-order chi connectivity index (χ0) is 23.1. The number of carbonyl (C=O) groups is 2. The molecule has 1 saturated heterocycles. The molecule has 2 amide bonds. The maximum absolute atomic E-state index is 13.6. The number of anilines is 3. The van der Waals surface area contributed by atoms with E-state index in [1.54, 1.807) is 42.2 Å². The monoisotopic (exact) mass is 447 g/mol. The standard InChI is InChI=1S/C24H25N5O4/c1-27-10-11-28(23-22(27)25-17-6-4-5-7-18(17)26-23)24(31)15-12-21(30)29(14-15)16-8-9-19(32-2)20(13-16)33-3/h4-9,13,15H,10-12,14H2,1-3H3/t15-/m1/s1. The van der Waals surface area contributed by atoms with Crippen LogP contribution in [0.15, 0.2) is 42.5 Å². The second kappa shape index (κ2) is 8.23. The Morgan fingerprint density at radius 2 is 1.67 bits per heavy atom. The molecule has 170 valence electrons. The Labute approximate surface area is 191 Å². The average molecular weight is 447 g/mol. The van der Waals surface area contributed by atoms with Crippen molar-refractivity contribution >= 4 is 40.2 Å². The van der Waals surface area contributed by atoms with Crippen molar-refractivity contribution in [2.75, 3.05) is 55.6 Å². The molecule has 9 heteroatoms. The molecule has 0 saturated carbocycles. The molecule has 3 heterocycles. The summed E-state index contributed by atoms with van der Waals surface area (Å²) in [4.78, 5) is 41.2. The Kier molecular flexibility index (Phi) is 5.24. The van der Waals surface area contributed by atoms with Crippen molar-refractivity contribution < 1.29 is 19.1 Å². The van der Waals surface area contributed by atoms with E-state index in [0.29, 0.717) is 48.5 Å². The first-order valence-electron chi connectivity index (χ1n) is 10.8. The first-order valence-corrected chi connectivity index (χ1v) is 10.8. The average Bonchev–Trinajstić information content (AvgIpc) is 3.24. The van der Waals surface area contributed by atoms with Crippen molar-refractivity contribution in [3.05, 3.63) is 42.5 Å². The lowest BCUT2D eigenvalue weighted by Crippen LogP contribution is -2.46. The van der Waals surface area contributed by atoms with Crippen LogP contribution in [-0.4, -0.2) is 62.7 Å². The summed E-state index contributed by atoms with van der Waals surface area (Å²) in [5.74, 6) is 1.67. The second-order valence-electron chi connectivity index (χ2n) is 8.22. The van der Waals surface area contributed by atoms with Crippen LogP contribution in [0.1, 0.15) is 6.42 Å². The van der Waals surface area contributed by atoms with Gasteiger partial charge in [-0.2, -0.15) is 0 Å². The first-order chi connectivity index (χ1) is 16.0. The van der Waals surface area contributed by atoms with Crippen molar-refractivity contribution in [1.82, 2.24) is 9.97 Å². The Morgan fingerprint density at radius 1 is 0.970 bits per heavy atom. The van der Waals surface area contributed by atoms with E-state index < -0.39 is 5.92 Å². The van der Waals surface area contributed by atoms with Gasteiger partial charge >= 0.3 is 0 Å². The van der Waals surface area contributed by atoms with Crippen molar-refractivity contribution in [3.63, 3.8) is 0 Å². The molecule has 1 aromatic heterocycles. The highest BCUT2D eigenvalue weighted by Crippen LogP contribution is 2.36. The van der Waals surface area contributed by atoms with Gasteiger partial charge in [-0.05, 0) is 24.3 Å². The van der Waals surface area contributed by atoms with Gasteiger partial charge in [0.25, 0.3) is 0 Å². The minimum Gasteiger partial charge on any atom is -0.493 e. The zero-order valence-corrected chi connectivity index (χ0v) is 18.8. The van der Waals surface area contributed by atoms with E-state index in [0.717, 1.165) is 11.0 Å². The molecule has 0 spiro atoms. The number of rotatable bonds is 4. The Bertz CT molecular complexity index is 1250. The van der Waals surface area contributed by atoms with Gasteiger partial charge in [0.05, 0.1) is 31.2 Å². The minimum atomic E-state index is -0.463. The Balaban J connectivity index is 1.43. The molecule has 0 bridgehead atoms. The predicted molar refractivity (Wildman–Crippen MR) is 125 cm³/mol. The normalized spacial score (nSPS) is 18.0. The van der Waals surface area contributed by atoms with Gasteiger partial charge in [0.15, 0.2) is 23.1 Å². The predicted octanol–water partition coefficient (Wildman–Crippen LogP) is 2.48. The highest BCUT2D eigenvalue weighted by atomic mass is 16.5. The summed E-state index contributed by atoms with van der Waals surface area (Å²) in [6.07, 6.45) is 0.149. The SMILES string of the molecule is COc1ccc(N2C[C@H](C(=O)N3CCN(C)c4nc5ccccc5nc43)CC2=O)cc1OC. The summed E-state index contributed by atoms with van der Waals surface area (Å²) in [5, 5.41) is 0. The van der Waals surface area contributed by atoms with Gasteiger partial charge in [-0.3, -0.25) is 14.5 Å². The molecule has 2 aliphatic heterocycles. The number of carbonyl (C=O) groups excluding carboxylic acids is 2. The second-order valence-corrected chi connectivity index (χ2v) is 8.22. The number of benzene rings is 2. The van der Waals surface area contributed by atoms with Gasteiger partial charge in [-0.15, -0.1) is 0 Å². The van der Waals surface area contributed by atoms with Crippen LogP contribution in [0.5, 0.6) is 11.5 Å². The van der Waals surface area contributed by atoms with E-state index in [9.17, 15) is 9.59 Å². The van der Waals surface area contributed by atoms with Crippen molar-refractivity contribution in [3.8, 4) is 11.5 Å². The van der Waals surface area contributed by atoms with Gasteiger partial charge in [-0.1, -0.05) is 12.1 Å². The molecule has 0 aliphatic carbocycles. The van der Waals surface area contributed by atoms with Crippen LogP contribution < -0.4 is 24.2 Å². The fourth-order valence-corrected chi connectivity index (χ4v) is 4.43. The van der Waals surface area contributed by atoms with E-state index >= 15 is 0 Å². The molecule has 2 aliphatic rings. The lowest BCUT2D eigenvalue weighted by molar-refractivity contribution is -0.124. The van der Waals surface area contributed by atoms with Crippen LogP contribution >= 0.6 is 0 Å². The van der Waals surface area contributed by atoms with Gasteiger partial charge in [0.2, 0.25) is 11.8 Å². The molecule has 1 fully saturated rings. The molecule has 0 radical (unpaired) electrons.